The summed E-state index contributed by atoms with van der Waals surface area (Å²) in [6.45, 7) is 3.11. The van der Waals surface area contributed by atoms with Crippen LogP contribution in [0.1, 0.15) is 23.1 Å². The molecule has 1 aromatic carbocycles. The van der Waals surface area contributed by atoms with Crippen molar-refractivity contribution in [2.24, 2.45) is 0 Å². The lowest BCUT2D eigenvalue weighted by atomic mass is 10.1. The molecule has 0 bridgehead atoms. The van der Waals surface area contributed by atoms with E-state index in [0.29, 0.717) is 13.2 Å². The van der Waals surface area contributed by atoms with Crippen LogP contribution in [-0.2, 0) is 6.54 Å². The van der Waals surface area contributed by atoms with Gasteiger partial charge in [0.2, 0.25) is 0 Å². The minimum absolute atomic E-state index is 0.130. The van der Waals surface area contributed by atoms with Crippen molar-refractivity contribution in [3.8, 4) is 11.5 Å². The average molecular weight is 257 g/mol. The van der Waals surface area contributed by atoms with E-state index in [4.69, 9.17) is 4.74 Å². The van der Waals surface area contributed by atoms with Crippen molar-refractivity contribution in [3.63, 3.8) is 0 Å². The maximum atomic E-state index is 9.40. The fraction of sp³-hybridized carbons (Fsp3) is 0.286. The van der Waals surface area contributed by atoms with Crippen LogP contribution in [0.15, 0.2) is 30.5 Å². The summed E-state index contributed by atoms with van der Waals surface area (Å²) in [4.78, 5) is 8.42. The number of benzene rings is 1. The molecule has 0 amide bonds. The second-order valence-electron chi connectivity index (χ2n) is 4.56. The van der Waals surface area contributed by atoms with Gasteiger partial charge in [0.15, 0.2) is 0 Å². The van der Waals surface area contributed by atoms with Crippen molar-refractivity contribution in [1.29, 1.82) is 0 Å². The molecule has 1 aromatic heterocycles. The molecule has 0 fully saturated rings. The highest BCUT2D eigenvalue weighted by Crippen LogP contribution is 2.34. The molecule has 98 valence electrons. The summed E-state index contributed by atoms with van der Waals surface area (Å²) >= 11 is 0. The van der Waals surface area contributed by atoms with Crippen LogP contribution in [0.25, 0.3) is 0 Å². The molecule has 3 rings (SSSR count). The highest BCUT2D eigenvalue weighted by molar-refractivity contribution is 5.44. The van der Waals surface area contributed by atoms with E-state index in [-0.39, 0.29) is 11.8 Å². The van der Waals surface area contributed by atoms with Gasteiger partial charge in [0, 0.05) is 24.4 Å². The molecule has 0 aliphatic carbocycles. The molecule has 1 unspecified atom stereocenters. The van der Waals surface area contributed by atoms with Gasteiger partial charge in [-0.1, -0.05) is 0 Å². The van der Waals surface area contributed by atoms with Gasteiger partial charge in [0.1, 0.15) is 23.9 Å². The average Bonchev–Trinajstić information content (AvgIpc) is 2.78. The van der Waals surface area contributed by atoms with E-state index in [1.54, 1.807) is 18.3 Å². The zero-order valence-electron chi connectivity index (χ0n) is 10.6. The first-order valence-electron chi connectivity index (χ1n) is 6.20. The summed E-state index contributed by atoms with van der Waals surface area (Å²) in [6.07, 6.45) is 1.76. The second-order valence-corrected chi connectivity index (χ2v) is 4.56. The van der Waals surface area contributed by atoms with Gasteiger partial charge in [-0.15, -0.1) is 0 Å². The molecule has 0 saturated heterocycles. The molecule has 0 radical (unpaired) electrons. The van der Waals surface area contributed by atoms with E-state index in [2.05, 4.69) is 15.3 Å². The third-order valence-corrected chi connectivity index (χ3v) is 3.14. The van der Waals surface area contributed by atoms with Crippen molar-refractivity contribution in [2.45, 2.75) is 19.5 Å². The summed E-state index contributed by atoms with van der Waals surface area (Å²) in [5.41, 5.74) is 2.03. The van der Waals surface area contributed by atoms with Crippen molar-refractivity contribution in [2.75, 3.05) is 6.61 Å². The number of aromatic hydroxyl groups is 1. The lowest BCUT2D eigenvalue weighted by Crippen LogP contribution is -2.22. The number of hydrogen-bond donors (Lipinski definition) is 2. The number of phenols is 1. The Morgan fingerprint density at radius 1 is 1.42 bits per heavy atom. The van der Waals surface area contributed by atoms with Crippen molar-refractivity contribution < 1.29 is 9.84 Å². The van der Waals surface area contributed by atoms with Crippen LogP contribution in [0.3, 0.4) is 0 Å². The smallest absolute Gasteiger partial charge is 0.127 e. The van der Waals surface area contributed by atoms with Gasteiger partial charge < -0.3 is 15.2 Å². The topological polar surface area (TPSA) is 67.3 Å². The number of nitrogens with one attached hydrogen (secondary N) is 1. The van der Waals surface area contributed by atoms with Crippen LogP contribution < -0.4 is 10.1 Å². The van der Waals surface area contributed by atoms with Gasteiger partial charge in [0.25, 0.3) is 0 Å². The summed E-state index contributed by atoms with van der Waals surface area (Å²) in [5.74, 6) is 1.74. The number of aromatic nitrogens is 2. The molecule has 2 heterocycles. The largest absolute Gasteiger partial charge is 0.508 e. The van der Waals surface area contributed by atoms with Crippen molar-refractivity contribution >= 4 is 0 Å². The third kappa shape index (κ3) is 2.51. The first-order valence-corrected chi connectivity index (χ1v) is 6.20. The maximum Gasteiger partial charge on any atom is 0.127 e. The Morgan fingerprint density at radius 3 is 3.16 bits per heavy atom. The maximum absolute atomic E-state index is 9.40. The molecule has 0 spiro atoms. The van der Waals surface area contributed by atoms with E-state index in [1.165, 1.54) is 0 Å². The van der Waals surface area contributed by atoms with Crippen LogP contribution >= 0.6 is 0 Å². The molecular weight excluding hydrogens is 242 g/mol. The number of hydrogen-bond acceptors (Lipinski definition) is 5. The van der Waals surface area contributed by atoms with Gasteiger partial charge in [-0.05, 0) is 25.1 Å². The zero-order chi connectivity index (χ0) is 13.2. The predicted octanol–water partition coefficient (Wildman–Crippen LogP) is 1.71. The highest BCUT2D eigenvalue weighted by atomic mass is 16.5. The molecule has 5 heteroatoms. The van der Waals surface area contributed by atoms with E-state index in [9.17, 15) is 5.11 Å². The van der Waals surface area contributed by atoms with E-state index in [1.807, 2.05) is 19.1 Å². The molecule has 1 aliphatic heterocycles. The number of rotatable bonds is 3. The van der Waals surface area contributed by atoms with E-state index >= 15 is 0 Å². The second kappa shape index (κ2) is 4.85. The monoisotopic (exact) mass is 257 g/mol. The quantitative estimate of drug-likeness (QED) is 0.876. The van der Waals surface area contributed by atoms with Crippen LogP contribution in [0.2, 0.25) is 0 Å². The fourth-order valence-corrected chi connectivity index (χ4v) is 2.20. The Hall–Kier alpha value is -2.14. The number of aryl methyl sites for hydroxylation is 1. The number of phenolic OH excluding ortho intramolecular Hbond substituents is 1. The van der Waals surface area contributed by atoms with Gasteiger partial charge in [-0.2, -0.15) is 0 Å². The molecule has 1 aliphatic rings. The van der Waals surface area contributed by atoms with Crippen molar-refractivity contribution in [1.82, 2.24) is 15.3 Å². The Kier molecular flexibility index (Phi) is 3.05. The Morgan fingerprint density at radius 2 is 2.32 bits per heavy atom. The third-order valence-electron chi connectivity index (χ3n) is 3.14. The van der Waals surface area contributed by atoms with Crippen LogP contribution in [0.5, 0.6) is 11.5 Å². The zero-order valence-corrected chi connectivity index (χ0v) is 10.6. The van der Waals surface area contributed by atoms with Gasteiger partial charge >= 0.3 is 0 Å². The highest BCUT2D eigenvalue weighted by Gasteiger charge is 2.23. The lowest BCUT2D eigenvalue weighted by Gasteiger charge is -2.11. The predicted molar refractivity (Wildman–Crippen MR) is 70.0 cm³/mol. The fourth-order valence-electron chi connectivity index (χ4n) is 2.20. The molecule has 2 N–H and O–H groups in total. The van der Waals surface area contributed by atoms with Gasteiger partial charge in [-0.25, -0.2) is 9.97 Å². The Bertz CT molecular complexity index is 601. The van der Waals surface area contributed by atoms with Gasteiger partial charge in [0.05, 0.1) is 11.7 Å². The number of nitrogens with zero attached hydrogens (tertiary/aromatic N) is 2. The molecule has 0 saturated carbocycles. The molecule has 5 nitrogen and oxygen atoms in total. The molecular formula is C14H15N3O2. The number of fused-ring (bicyclic) bond motifs is 1. The SMILES string of the molecule is Cc1nccc(CNC2COc3cc(O)ccc32)n1. The van der Waals surface area contributed by atoms with Crippen LogP contribution in [0.4, 0.5) is 0 Å². The van der Waals surface area contributed by atoms with E-state index in [0.717, 1.165) is 22.8 Å². The van der Waals surface area contributed by atoms with Crippen LogP contribution in [0, 0.1) is 6.92 Å². The molecule has 2 aromatic rings. The normalized spacial score (nSPS) is 17.0. The molecule has 19 heavy (non-hydrogen) atoms. The summed E-state index contributed by atoms with van der Waals surface area (Å²) in [7, 11) is 0. The minimum Gasteiger partial charge on any atom is -0.508 e. The summed E-state index contributed by atoms with van der Waals surface area (Å²) < 4.78 is 5.55. The summed E-state index contributed by atoms with van der Waals surface area (Å²) in [5, 5.41) is 12.8. The standard InChI is InChI=1S/C14H15N3O2/c1-9-15-5-4-10(17-9)7-16-13-8-19-14-6-11(18)2-3-12(13)14/h2-6,13,16,18H,7-8H2,1H3. The van der Waals surface area contributed by atoms with Gasteiger partial charge in [-0.3, -0.25) is 0 Å². The molecule has 1 atom stereocenters. The first kappa shape index (κ1) is 11.9. The van der Waals surface area contributed by atoms with Crippen LogP contribution in [-0.4, -0.2) is 21.7 Å². The van der Waals surface area contributed by atoms with Crippen molar-refractivity contribution in [3.05, 3.63) is 47.5 Å². The first-order chi connectivity index (χ1) is 9.22. The Balaban J connectivity index is 1.70. The lowest BCUT2D eigenvalue weighted by molar-refractivity contribution is 0.309. The Labute approximate surface area is 111 Å². The number of ether oxygens (including phenoxy) is 1. The minimum atomic E-state index is 0.130. The summed E-state index contributed by atoms with van der Waals surface area (Å²) in [6, 6.07) is 7.24. The van der Waals surface area contributed by atoms with E-state index < -0.39 is 0 Å².